The largest absolute Gasteiger partial charge is 0.396 e. The zero-order chi connectivity index (χ0) is 12.7. The molecule has 0 aromatic heterocycles. The summed E-state index contributed by atoms with van der Waals surface area (Å²) in [5, 5.41) is 12.4. The van der Waals surface area contributed by atoms with Crippen molar-refractivity contribution in [3.63, 3.8) is 0 Å². The first-order chi connectivity index (χ1) is 8.07. The van der Waals surface area contributed by atoms with Crippen molar-refractivity contribution in [2.75, 3.05) is 24.7 Å². The second-order valence-electron chi connectivity index (χ2n) is 5.00. The maximum Gasteiger partial charge on any atom is 0.150 e. The van der Waals surface area contributed by atoms with Crippen LogP contribution in [-0.4, -0.2) is 44.2 Å². The summed E-state index contributed by atoms with van der Waals surface area (Å²) in [7, 11) is -2.75. The molecule has 1 saturated heterocycles. The summed E-state index contributed by atoms with van der Waals surface area (Å²) in [6.45, 7) is 3.29. The molecule has 0 radical (unpaired) electrons. The zero-order valence-corrected chi connectivity index (χ0v) is 11.5. The molecular weight excluding hydrogens is 238 g/mol. The van der Waals surface area contributed by atoms with E-state index in [2.05, 4.69) is 12.2 Å². The molecule has 4 nitrogen and oxygen atoms in total. The highest BCUT2D eigenvalue weighted by molar-refractivity contribution is 7.91. The Bertz CT molecular complexity index is 283. The molecule has 1 fully saturated rings. The molecule has 2 N–H and O–H groups in total. The summed E-state index contributed by atoms with van der Waals surface area (Å²) in [5.74, 6) is 1.16. The van der Waals surface area contributed by atoms with Crippen molar-refractivity contribution in [2.45, 2.75) is 45.1 Å². The minimum absolute atomic E-state index is 0.241. The molecule has 0 saturated carbocycles. The van der Waals surface area contributed by atoms with Crippen LogP contribution in [0.5, 0.6) is 0 Å². The average molecular weight is 263 g/mol. The lowest BCUT2D eigenvalue weighted by atomic mass is 9.99. The van der Waals surface area contributed by atoms with Crippen molar-refractivity contribution in [2.24, 2.45) is 5.92 Å². The van der Waals surface area contributed by atoms with Gasteiger partial charge in [-0.15, -0.1) is 0 Å². The molecule has 1 aliphatic heterocycles. The topological polar surface area (TPSA) is 66.4 Å². The molecule has 102 valence electrons. The van der Waals surface area contributed by atoms with Gasteiger partial charge in [-0.1, -0.05) is 13.3 Å². The van der Waals surface area contributed by atoms with Gasteiger partial charge in [0.2, 0.25) is 0 Å². The zero-order valence-electron chi connectivity index (χ0n) is 10.7. The minimum atomic E-state index is -2.75. The fourth-order valence-electron chi connectivity index (χ4n) is 2.37. The normalized spacial score (nSPS) is 22.5. The van der Waals surface area contributed by atoms with Gasteiger partial charge in [-0.05, 0) is 38.1 Å². The molecule has 1 aliphatic rings. The van der Waals surface area contributed by atoms with E-state index < -0.39 is 9.84 Å². The van der Waals surface area contributed by atoms with Gasteiger partial charge in [-0.2, -0.15) is 0 Å². The van der Waals surface area contributed by atoms with E-state index in [9.17, 15) is 8.42 Å². The van der Waals surface area contributed by atoms with E-state index in [1.165, 1.54) is 0 Å². The Morgan fingerprint density at radius 2 is 1.94 bits per heavy atom. The maximum atomic E-state index is 11.3. The third-order valence-corrected chi connectivity index (χ3v) is 5.20. The number of nitrogens with one attached hydrogen (secondary N) is 1. The third kappa shape index (κ3) is 5.84. The van der Waals surface area contributed by atoms with E-state index in [-0.39, 0.29) is 6.61 Å². The quantitative estimate of drug-likeness (QED) is 0.718. The number of hydrogen-bond acceptors (Lipinski definition) is 4. The van der Waals surface area contributed by atoms with Gasteiger partial charge in [-0.3, -0.25) is 0 Å². The van der Waals surface area contributed by atoms with Gasteiger partial charge in [0.05, 0.1) is 11.5 Å². The standard InChI is InChI=1S/C12H25NO3S/c1-2-3-11(4-7-14)10-13-12-5-8-17(15,16)9-6-12/h11-14H,2-10H2,1H3. The SMILES string of the molecule is CCCC(CCO)CNC1CCS(=O)(=O)CC1. The van der Waals surface area contributed by atoms with Crippen LogP contribution in [0, 0.1) is 5.92 Å². The molecule has 1 unspecified atom stereocenters. The van der Waals surface area contributed by atoms with Gasteiger partial charge >= 0.3 is 0 Å². The van der Waals surface area contributed by atoms with Crippen molar-refractivity contribution < 1.29 is 13.5 Å². The summed E-state index contributed by atoms with van der Waals surface area (Å²) >= 11 is 0. The van der Waals surface area contributed by atoms with Gasteiger partial charge in [0.1, 0.15) is 9.84 Å². The molecule has 0 aromatic rings. The lowest BCUT2D eigenvalue weighted by molar-refractivity contribution is 0.244. The van der Waals surface area contributed by atoms with Crippen LogP contribution in [0.1, 0.15) is 39.0 Å². The Balaban J connectivity index is 2.25. The van der Waals surface area contributed by atoms with Crippen LogP contribution in [0.4, 0.5) is 0 Å². The van der Waals surface area contributed by atoms with Crippen molar-refractivity contribution in [3.8, 4) is 0 Å². The van der Waals surface area contributed by atoms with Gasteiger partial charge in [0, 0.05) is 12.6 Å². The third-order valence-electron chi connectivity index (χ3n) is 3.48. The maximum absolute atomic E-state index is 11.3. The lowest BCUT2D eigenvalue weighted by Crippen LogP contribution is -2.39. The van der Waals surface area contributed by atoms with E-state index in [4.69, 9.17) is 5.11 Å². The van der Waals surface area contributed by atoms with Gasteiger partial charge in [-0.25, -0.2) is 8.42 Å². The molecule has 5 heteroatoms. The predicted molar refractivity (Wildman–Crippen MR) is 69.8 cm³/mol. The molecule has 1 heterocycles. The minimum Gasteiger partial charge on any atom is -0.396 e. The predicted octanol–water partition coefficient (Wildman–Crippen LogP) is 0.952. The van der Waals surface area contributed by atoms with Crippen LogP contribution in [0.3, 0.4) is 0 Å². The summed E-state index contributed by atoms with van der Waals surface area (Å²) in [6, 6.07) is 0.344. The molecule has 0 spiro atoms. The number of aliphatic hydroxyl groups is 1. The van der Waals surface area contributed by atoms with E-state index in [0.29, 0.717) is 23.5 Å². The summed E-state index contributed by atoms with van der Waals surface area (Å²) in [6.07, 6.45) is 4.57. The highest BCUT2D eigenvalue weighted by Gasteiger charge is 2.23. The first-order valence-electron chi connectivity index (χ1n) is 6.62. The second-order valence-corrected chi connectivity index (χ2v) is 7.30. The highest BCUT2D eigenvalue weighted by Crippen LogP contribution is 2.14. The van der Waals surface area contributed by atoms with Gasteiger partial charge in [0.15, 0.2) is 0 Å². The number of sulfone groups is 1. The Hall–Kier alpha value is -0.130. The highest BCUT2D eigenvalue weighted by atomic mass is 32.2. The summed E-state index contributed by atoms with van der Waals surface area (Å²) in [5.41, 5.74) is 0. The van der Waals surface area contributed by atoms with Crippen molar-refractivity contribution in [1.29, 1.82) is 0 Å². The molecule has 0 amide bonds. The van der Waals surface area contributed by atoms with Crippen LogP contribution < -0.4 is 5.32 Å². The van der Waals surface area contributed by atoms with E-state index in [0.717, 1.165) is 38.6 Å². The Morgan fingerprint density at radius 1 is 1.29 bits per heavy atom. The fraction of sp³-hybridized carbons (Fsp3) is 1.00. The Labute approximate surface area is 105 Å². The lowest BCUT2D eigenvalue weighted by Gasteiger charge is -2.25. The molecule has 0 aromatic carbocycles. The van der Waals surface area contributed by atoms with Crippen molar-refractivity contribution in [1.82, 2.24) is 5.32 Å². The van der Waals surface area contributed by atoms with Crippen molar-refractivity contribution in [3.05, 3.63) is 0 Å². The molecular formula is C12H25NO3S. The Morgan fingerprint density at radius 3 is 2.47 bits per heavy atom. The summed E-state index contributed by atoms with van der Waals surface area (Å²) < 4.78 is 22.6. The molecule has 1 atom stereocenters. The summed E-state index contributed by atoms with van der Waals surface area (Å²) in [4.78, 5) is 0. The smallest absolute Gasteiger partial charge is 0.150 e. The van der Waals surface area contributed by atoms with Crippen LogP contribution in [0.25, 0.3) is 0 Å². The van der Waals surface area contributed by atoms with E-state index in [1.807, 2.05) is 0 Å². The van der Waals surface area contributed by atoms with Crippen molar-refractivity contribution >= 4 is 9.84 Å². The average Bonchev–Trinajstić information content (AvgIpc) is 2.28. The molecule has 1 rings (SSSR count). The van der Waals surface area contributed by atoms with E-state index >= 15 is 0 Å². The number of hydrogen-bond donors (Lipinski definition) is 2. The monoisotopic (exact) mass is 263 g/mol. The van der Waals surface area contributed by atoms with Gasteiger partial charge in [0.25, 0.3) is 0 Å². The number of aliphatic hydroxyl groups excluding tert-OH is 1. The van der Waals surface area contributed by atoms with Crippen LogP contribution >= 0.6 is 0 Å². The van der Waals surface area contributed by atoms with Crippen LogP contribution in [0.2, 0.25) is 0 Å². The number of rotatable bonds is 7. The van der Waals surface area contributed by atoms with Gasteiger partial charge < -0.3 is 10.4 Å². The van der Waals surface area contributed by atoms with Crippen LogP contribution in [-0.2, 0) is 9.84 Å². The van der Waals surface area contributed by atoms with Crippen LogP contribution in [0.15, 0.2) is 0 Å². The molecule has 17 heavy (non-hydrogen) atoms. The first kappa shape index (κ1) is 14.9. The second kappa shape index (κ2) is 7.34. The van der Waals surface area contributed by atoms with E-state index in [1.54, 1.807) is 0 Å². The Kier molecular flexibility index (Phi) is 6.44. The fourth-order valence-corrected chi connectivity index (χ4v) is 3.86. The molecule has 0 aliphatic carbocycles. The first-order valence-corrected chi connectivity index (χ1v) is 8.44. The molecule has 0 bridgehead atoms.